The third-order valence-electron chi connectivity index (χ3n) is 3.91. The highest BCUT2D eigenvalue weighted by molar-refractivity contribution is 5.87. The summed E-state index contributed by atoms with van der Waals surface area (Å²) in [5, 5.41) is 0.955. The lowest BCUT2D eigenvalue weighted by atomic mass is 10.1. The highest BCUT2D eigenvalue weighted by atomic mass is 35.5. The molecule has 0 radical (unpaired) electrons. The van der Waals surface area contributed by atoms with Crippen LogP contribution in [0.3, 0.4) is 0 Å². The van der Waals surface area contributed by atoms with Gasteiger partial charge in [0, 0.05) is 0 Å². The Balaban J connectivity index is 0.00000169. The van der Waals surface area contributed by atoms with E-state index in [0.717, 1.165) is 28.0 Å². The zero-order valence-corrected chi connectivity index (χ0v) is 13.7. The van der Waals surface area contributed by atoms with Gasteiger partial charge < -0.3 is 18.1 Å². The van der Waals surface area contributed by atoms with Gasteiger partial charge in [-0.2, -0.15) is 4.57 Å². The van der Waals surface area contributed by atoms with Gasteiger partial charge >= 0.3 is 0 Å². The maximum Gasteiger partial charge on any atom is 0.275 e. The first kappa shape index (κ1) is 16.0. The van der Waals surface area contributed by atoms with Crippen LogP contribution in [-0.2, 0) is 0 Å². The van der Waals surface area contributed by atoms with Crippen LogP contribution < -0.4 is 22.7 Å². The summed E-state index contributed by atoms with van der Waals surface area (Å²) in [5.41, 5.74) is 9.45. The standard InChI is InChI=1S/C20H15N3.ClH/c21-19-17-13-7-8-14-18(17)22-20(15-9-3-1-4-10-15)23(19)16-11-5-2-6-12-16;/h1-14,21H;1H. The van der Waals surface area contributed by atoms with Crippen molar-refractivity contribution in [2.75, 3.05) is 5.73 Å². The lowest BCUT2D eigenvalue weighted by Gasteiger charge is -2.11. The highest BCUT2D eigenvalue weighted by Gasteiger charge is 2.21. The molecule has 0 aliphatic carbocycles. The third-order valence-corrected chi connectivity index (χ3v) is 3.91. The minimum Gasteiger partial charge on any atom is -1.00 e. The molecule has 0 fully saturated rings. The molecule has 2 N–H and O–H groups in total. The summed E-state index contributed by atoms with van der Waals surface area (Å²) in [7, 11) is 0. The first-order chi connectivity index (χ1) is 11.3. The number of benzene rings is 3. The first-order valence-electron chi connectivity index (χ1n) is 7.56. The molecular weight excluding hydrogens is 318 g/mol. The van der Waals surface area contributed by atoms with Gasteiger partial charge in [0.1, 0.15) is 5.69 Å². The fraction of sp³-hybridized carbons (Fsp3) is 0. The van der Waals surface area contributed by atoms with Gasteiger partial charge in [0.25, 0.3) is 5.82 Å². The minimum absolute atomic E-state index is 0. The SMILES string of the molecule is Nc1c2ccccc2nc(-c2ccccc2)[n+]1-c1ccccc1.[Cl-]. The summed E-state index contributed by atoms with van der Waals surface area (Å²) >= 11 is 0. The van der Waals surface area contributed by atoms with Gasteiger partial charge in [-0.1, -0.05) is 48.5 Å². The number of halogens is 1. The number of nitrogen functional groups attached to an aromatic ring is 1. The van der Waals surface area contributed by atoms with E-state index in [9.17, 15) is 0 Å². The Morgan fingerprint density at radius 3 is 2.00 bits per heavy atom. The maximum absolute atomic E-state index is 6.51. The average Bonchev–Trinajstić information content (AvgIpc) is 2.63. The molecule has 1 heterocycles. The van der Waals surface area contributed by atoms with Crippen LogP contribution in [0.4, 0.5) is 5.82 Å². The molecule has 0 atom stereocenters. The van der Waals surface area contributed by atoms with Gasteiger partial charge in [0.2, 0.25) is 5.82 Å². The van der Waals surface area contributed by atoms with Crippen molar-refractivity contribution in [1.29, 1.82) is 0 Å². The van der Waals surface area contributed by atoms with Gasteiger partial charge in [-0.3, -0.25) is 0 Å². The Kier molecular flexibility index (Phi) is 4.45. The average molecular weight is 334 g/mol. The lowest BCUT2D eigenvalue weighted by molar-refractivity contribution is -0.569. The molecule has 118 valence electrons. The van der Waals surface area contributed by atoms with Crippen molar-refractivity contribution in [3.63, 3.8) is 0 Å². The third kappa shape index (κ3) is 2.70. The van der Waals surface area contributed by atoms with Crippen LogP contribution in [-0.4, -0.2) is 4.98 Å². The van der Waals surface area contributed by atoms with E-state index in [0.29, 0.717) is 5.82 Å². The summed E-state index contributed by atoms with van der Waals surface area (Å²) in [6, 6.07) is 28.2. The van der Waals surface area contributed by atoms with Gasteiger partial charge in [-0.15, -0.1) is 4.98 Å². The molecule has 0 aliphatic heterocycles. The monoisotopic (exact) mass is 333 g/mol. The Bertz CT molecular complexity index is 970. The number of fused-ring (bicyclic) bond motifs is 1. The fourth-order valence-corrected chi connectivity index (χ4v) is 2.81. The van der Waals surface area contributed by atoms with Crippen molar-refractivity contribution < 1.29 is 17.0 Å². The Morgan fingerprint density at radius 1 is 0.708 bits per heavy atom. The summed E-state index contributed by atoms with van der Waals surface area (Å²) in [6.45, 7) is 0. The van der Waals surface area contributed by atoms with Crippen molar-refractivity contribution in [3.05, 3.63) is 84.9 Å². The van der Waals surface area contributed by atoms with Gasteiger partial charge in [0.05, 0.1) is 10.9 Å². The Labute approximate surface area is 146 Å². The van der Waals surface area contributed by atoms with Gasteiger partial charge in [-0.05, 0) is 36.4 Å². The number of anilines is 1. The largest absolute Gasteiger partial charge is 1.00 e. The second-order valence-corrected chi connectivity index (χ2v) is 5.37. The molecule has 3 aromatic carbocycles. The number of rotatable bonds is 2. The number of nitrogens with two attached hydrogens (primary N) is 1. The van der Waals surface area contributed by atoms with Crippen LogP contribution in [0.5, 0.6) is 0 Å². The number of hydrogen-bond donors (Lipinski definition) is 1. The molecule has 4 heteroatoms. The molecule has 24 heavy (non-hydrogen) atoms. The summed E-state index contributed by atoms with van der Waals surface area (Å²) < 4.78 is 2.01. The van der Waals surface area contributed by atoms with Crippen LogP contribution in [0.1, 0.15) is 0 Å². The van der Waals surface area contributed by atoms with E-state index in [1.165, 1.54) is 0 Å². The fourth-order valence-electron chi connectivity index (χ4n) is 2.81. The van der Waals surface area contributed by atoms with Crippen LogP contribution >= 0.6 is 0 Å². The first-order valence-corrected chi connectivity index (χ1v) is 7.56. The molecule has 4 aromatic rings. The number of aromatic nitrogens is 2. The topological polar surface area (TPSA) is 42.8 Å². The van der Waals surface area contributed by atoms with E-state index in [1.54, 1.807) is 0 Å². The van der Waals surface area contributed by atoms with Crippen molar-refractivity contribution in [3.8, 4) is 17.1 Å². The quantitative estimate of drug-likeness (QED) is 0.551. The predicted octanol–water partition coefficient (Wildman–Crippen LogP) is 0.765. The smallest absolute Gasteiger partial charge is 0.275 e. The van der Waals surface area contributed by atoms with Crippen molar-refractivity contribution in [2.45, 2.75) is 0 Å². The Morgan fingerprint density at radius 2 is 1.29 bits per heavy atom. The number of nitrogens with zero attached hydrogens (tertiary/aromatic N) is 2. The van der Waals surface area contributed by atoms with Crippen molar-refractivity contribution >= 4 is 16.7 Å². The van der Waals surface area contributed by atoms with Crippen LogP contribution in [0, 0.1) is 0 Å². The highest BCUT2D eigenvalue weighted by Crippen LogP contribution is 2.23. The van der Waals surface area contributed by atoms with E-state index in [2.05, 4.69) is 12.1 Å². The van der Waals surface area contributed by atoms with E-state index >= 15 is 0 Å². The second-order valence-electron chi connectivity index (χ2n) is 5.37. The van der Waals surface area contributed by atoms with Crippen LogP contribution in [0.25, 0.3) is 28.0 Å². The predicted molar refractivity (Wildman–Crippen MR) is 93.1 cm³/mol. The number of hydrogen-bond acceptors (Lipinski definition) is 2. The van der Waals surface area contributed by atoms with E-state index in [-0.39, 0.29) is 12.4 Å². The maximum atomic E-state index is 6.51. The second kappa shape index (κ2) is 6.69. The van der Waals surface area contributed by atoms with Crippen molar-refractivity contribution in [2.24, 2.45) is 0 Å². The molecule has 0 aliphatic rings. The van der Waals surface area contributed by atoms with E-state index in [1.807, 2.05) is 77.4 Å². The molecule has 0 amide bonds. The molecular formula is C20H16ClN3. The zero-order chi connectivity index (χ0) is 15.6. The van der Waals surface area contributed by atoms with Crippen LogP contribution in [0.2, 0.25) is 0 Å². The zero-order valence-electron chi connectivity index (χ0n) is 12.9. The molecule has 0 spiro atoms. The molecule has 4 rings (SSSR count). The molecule has 1 aromatic heterocycles. The molecule has 0 unspecified atom stereocenters. The van der Waals surface area contributed by atoms with E-state index in [4.69, 9.17) is 10.7 Å². The number of para-hydroxylation sites is 2. The lowest BCUT2D eigenvalue weighted by Crippen LogP contribution is -3.00. The Hall–Kier alpha value is -2.91. The summed E-state index contributed by atoms with van der Waals surface area (Å²) in [6.07, 6.45) is 0. The van der Waals surface area contributed by atoms with Gasteiger partial charge in [0.15, 0.2) is 5.52 Å². The molecule has 0 saturated carbocycles. The summed E-state index contributed by atoms with van der Waals surface area (Å²) in [5.74, 6) is 1.54. The summed E-state index contributed by atoms with van der Waals surface area (Å²) in [4.78, 5) is 4.87. The molecule has 0 bridgehead atoms. The molecule has 0 saturated heterocycles. The van der Waals surface area contributed by atoms with E-state index < -0.39 is 0 Å². The van der Waals surface area contributed by atoms with Crippen molar-refractivity contribution in [1.82, 2.24) is 4.98 Å². The minimum atomic E-state index is 0. The normalized spacial score (nSPS) is 10.3. The van der Waals surface area contributed by atoms with Crippen LogP contribution in [0.15, 0.2) is 84.9 Å². The van der Waals surface area contributed by atoms with Gasteiger partial charge in [-0.25, -0.2) is 0 Å². The molecule has 3 nitrogen and oxygen atoms in total.